The van der Waals surface area contributed by atoms with Gasteiger partial charge in [-0.1, -0.05) is 0 Å². The molecular weight excluding hydrogens is 310 g/mol. The van der Waals surface area contributed by atoms with E-state index < -0.39 is 27.1 Å². The van der Waals surface area contributed by atoms with Crippen molar-refractivity contribution in [1.29, 1.82) is 0 Å². The molecule has 0 aliphatic rings. The Kier molecular flexibility index (Phi) is 4.18. The molecule has 1 amide bonds. The molecule has 0 saturated carbocycles. The summed E-state index contributed by atoms with van der Waals surface area (Å²) in [6.07, 6.45) is 0. The molecule has 0 bridgehead atoms. The molecule has 1 N–H and O–H groups in total. The molecule has 0 atom stereocenters. The summed E-state index contributed by atoms with van der Waals surface area (Å²) in [5.41, 5.74) is -0.134. The maximum atomic E-state index is 12.1. The number of nitro benzene ring substituents is 2. The van der Waals surface area contributed by atoms with Crippen molar-refractivity contribution in [2.45, 2.75) is 13.8 Å². The maximum Gasteiger partial charge on any atom is 0.277 e. The Morgan fingerprint density at radius 3 is 2.00 bits per heavy atom. The smallest absolute Gasteiger partial charge is 0.277 e. The number of anilines is 1. The summed E-state index contributed by atoms with van der Waals surface area (Å²) in [5, 5.41) is 24.8. The van der Waals surface area contributed by atoms with E-state index in [9.17, 15) is 25.0 Å². The van der Waals surface area contributed by atoms with Gasteiger partial charge < -0.3 is 5.32 Å². The van der Waals surface area contributed by atoms with Crippen LogP contribution in [-0.2, 0) is 0 Å². The molecule has 0 saturated heterocycles. The van der Waals surface area contributed by atoms with Crippen molar-refractivity contribution in [2.24, 2.45) is 0 Å². The predicted molar refractivity (Wildman–Crippen MR) is 81.5 cm³/mol. The minimum atomic E-state index is -0.775. The number of non-ortho nitro benzene ring substituents is 2. The van der Waals surface area contributed by atoms with Gasteiger partial charge in [0, 0.05) is 17.0 Å². The number of rotatable bonds is 4. The van der Waals surface area contributed by atoms with Gasteiger partial charge in [0.05, 0.1) is 26.5 Å². The first kappa shape index (κ1) is 15.6. The van der Waals surface area contributed by atoms with E-state index in [1.54, 1.807) is 6.07 Å². The molecule has 0 aliphatic carbocycles. The lowest BCUT2D eigenvalue weighted by atomic mass is 10.1. The number of hydrogen-bond donors (Lipinski definition) is 1. The van der Waals surface area contributed by atoms with Crippen LogP contribution in [0.3, 0.4) is 0 Å². The summed E-state index contributed by atoms with van der Waals surface area (Å²) in [5.74, 6) is -0.631. The zero-order chi connectivity index (χ0) is 16.4. The monoisotopic (exact) mass is 321 g/mol. The highest BCUT2D eigenvalue weighted by Gasteiger charge is 2.20. The number of hydrogen-bond acceptors (Lipinski definition) is 6. The molecule has 1 aromatic carbocycles. The molecule has 0 aliphatic heterocycles. The van der Waals surface area contributed by atoms with Gasteiger partial charge in [-0.3, -0.25) is 25.0 Å². The van der Waals surface area contributed by atoms with Crippen LogP contribution in [0.4, 0.5) is 16.4 Å². The summed E-state index contributed by atoms with van der Waals surface area (Å²) < 4.78 is 0. The Morgan fingerprint density at radius 2 is 1.59 bits per heavy atom. The quantitative estimate of drug-likeness (QED) is 0.684. The number of benzene rings is 1. The fourth-order valence-electron chi connectivity index (χ4n) is 1.76. The average Bonchev–Trinajstić information content (AvgIpc) is 2.76. The van der Waals surface area contributed by atoms with Crippen molar-refractivity contribution in [3.63, 3.8) is 0 Å². The van der Waals surface area contributed by atoms with E-state index in [4.69, 9.17) is 0 Å². The molecule has 114 valence electrons. The zero-order valence-electron chi connectivity index (χ0n) is 11.7. The number of carbonyl (C=O) groups is 1. The first-order valence-electron chi connectivity index (χ1n) is 6.10. The van der Waals surface area contributed by atoms with Crippen molar-refractivity contribution in [1.82, 2.24) is 0 Å². The van der Waals surface area contributed by atoms with E-state index in [1.165, 1.54) is 11.3 Å². The van der Waals surface area contributed by atoms with Crippen LogP contribution in [-0.4, -0.2) is 15.8 Å². The molecule has 1 heterocycles. The molecule has 22 heavy (non-hydrogen) atoms. The van der Waals surface area contributed by atoms with Gasteiger partial charge in [-0.05, 0) is 25.5 Å². The minimum Gasteiger partial charge on any atom is -0.314 e. The summed E-state index contributed by atoms with van der Waals surface area (Å²) in [4.78, 5) is 33.2. The fraction of sp³-hybridized carbons (Fsp3) is 0.154. The zero-order valence-corrected chi connectivity index (χ0v) is 12.5. The van der Waals surface area contributed by atoms with Crippen LogP contribution in [0.1, 0.15) is 20.8 Å². The fourth-order valence-corrected chi connectivity index (χ4v) is 2.69. The highest BCUT2D eigenvalue weighted by Crippen LogP contribution is 2.27. The van der Waals surface area contributed by atoms with Crippen LogP contribution in [0.25, 0.3) is 0 Å². The van der Waals surface area contributed by atoms with Crippen LogP contribution < -0.4 is 5.32 Å². The van der Waals surface area contributed by atoms with Crippen molar-refractivity contribution in [2.75, 3.05) is 5.32 Å². The topological polar surface area (TPSA) is 115 Å². The number of nitrogens with one attached hydrogen (secondary N) is 1. The number of nitro groups is 2. The molecule has 1 aromatic heterocycles. The number of thiophene rings is 1. The number of carbonyl (C=O) groups excluding carboxylic acids is 1. The van der Waals surface area contributed by atoms with Gasteiger partial charge >= 0.3 is 0 Å². The SMILES string of the molecule is Cc1cc(NC(=O)c2cc([N+](=O)[O-])cc([N+](=O)[O-])c2)sc1C. The minimum absolute atomic E-state index is 0.135. The molecule has 0 radical (unpaired) electrons. The van der Waals surface area contributed by atoms with E-state index in [0.29, 0.717) is 5.00 Å². The number of nitrogens with zero attached hydrogens (tertiary/aromatic N) is 2. The first-order valence-corrected chi connectivity index (χ1v) is 6.92. The Hall–Kier alpha value is -2.81. The van der Waals surface area contributed by atoms with Gasteiger partial charge in [-0.25, -0.2) is 0 Å². The normalized spacial score (nSPS) is 10.3. The van der Waals surface area contributed by atoms with Crippen molar-refractivity contribution < 1.29 is 14.6 Å². The highest BCUT2D eigenvalue weighted by atomic mass is 32.1. The summed E-state index contributed by atoms with van der Waals surface area (Å²) >= 11 is 1.36. The second kappa shape index (κ2) is 5.90. The second-order valence-corrected chi connectivity index (χ2v) is 5.81. The Labute approximate surface area is 128 Å². The summed E-state index contributed by atoms with van der Waals surface area (Å²) in [6.45, 7) is 3.79. The molecule has 2 aromatic rings. The van der Waals surface area contributed by atoms with Gasteiger partial charge in [0.25, 0.3) is 17.3 Å². The third kappa shape index (κ3) is 3.26. The van der Waals surface area contributed by atoms with Gasteiger partial charge in [-0.15, -0.1) is 11.3 Å². The number of aryl methyl sites for hydroxylation is 2. The van der Waals surface area contributed by atoms with Crippen molar-refractivity contribution >= 4 is 33.6 Å². The van der Waals surface area contributed by atoms with Crippen LogP contribution in [0.5, 0.6) is 0 Å². The van der Waals surface area contributed by atoms with Gasteiger partial charge in [0.1, 0.15) is 0 Å². The summed E-state index contributed by atoms with van der Waals surface area (Å²) in [7, 11) is 0. The Bertz CT molecular complexity index is 732. The Morgan fingerprint density at radius 1 is 1.05 bits per heavy atom. The van der Waals surface area contributed by atoms with Gasteiger partial charge in [0.2, 0.25) is 0 Å². The molecule has 8 nitrogen and oxygen atoms in total. The van der Waals surface area contributed by atoms with Crippen LogP contribution in [0, 0.1) is 34.1 Å². The molecule has 9 heteroatoms. The maximum absolute atomic E-state index is 12.1. The van der Waals surface area contributed by atoms with Crippen LogP contribution >= 0.6 is 11.3 Å². The largest absolute Gasteiger partial charge is 0.314 e. The molecule has 0 spiro atoms. The van der Waals surface area contributed by atoms with E-state index in [-0.39, 0.29) is 5.56 Å². The van der Waals surface area contributed by atoms with Crippen LogP contribution in [0.15, 0.2) is 24.3 Å². The molecule has 2 rings (SSSR count). The van der Waals surface area contributed by atoms with Crippen molar-refractivity contribution in [3.8, 4) is 0 Å². The average molecular weight is 321 g/mol. The third-order valence-corrected chi connectivity index (χ3v) is 4.06. The molecule has 0 fully saturated rings. The van der Waals surface area contributed by atoms with E-state index >= 15 is 0 Å². The lowest BCUT2D eigenvalue weighted by molar-refractivity contribution is -0.394. The molecule has 0 unspecified atom stereocenters. The van der Waals surface area contributed by atoms with E-state index in [0.717, 1.165) is 28.6 Å². The van der Waals surface area contributed by atoms with Crippen LogP contribution in [0.2, 0.25) is 0 Å². The lowest BCUT2D eigenvalue weighted by Gasteiger charge is -2.03. The molecular formula is C13H11N3O5S. The summed E-state index contributed by atoms with van der Waals surface area (Å²) in [6, 6.07) is 4.60. The standard InChI is InChI=1S/C13H11N3O5S/c1-7-3-12(22-8(7)2)14-13(17)9-4-10(15(18)19)6-11(5-9)16(20)21/h3-6H,1-2H3,(H,14,17). The van der Waals surface area contributed by atoms with Crippen molar-refractivity contribution in [3.05, 3.63) is 60.5 Å². The highest BCUT2D eigenvalue weighted by molar-refractivity contribution is 7.16. The third-order valence-electron chi connectivity index (χ3n) is 2.99. The first-order chi connectivity index (χ1) is 10.3. The Balaban J connectivity index is 2.36. The second-order valence-electron chi connectivity index (χ2n) is 4.56. The van der Waals surface area contributed by atoms with Gasteiger partial charge in [-0.2, -0.15) is 0 Å². The predicted octanol–water partition coefficient (Wildman–Crippen LogP) is 3.43. The van der Waals surface area contributed by atoms with E-state index in [2.05, 4.69) is 5.32 Å². The van der Waals surface area contributed by atoms with Gasteiger partial charge in [0.15, 0.2) is 0 Å². The lowest BCUT2D eigenvalue weighted by Crippen LogP contribution is -2.11. The van der Waals surface area contributed by atoms with E-state index in [1.807, 2.05) is 13.8 Å². The number of amides is 1.